The molecule has 2 aliphatic rings. The van der Waals surface area contributed by atoms with Gasteiger partial charge in [0.05, 0.1) is 17.8 Å². The highest BCUT2D eigenvalue weighted by Gasteiger charge is 2.33. The van der Waals surface area contributed by atoms with E-state index in [0.29, 0.717) is 25.2 Å². The summed E-state index contributed by atoms with van der Waals surface area (Å²) in [6, 6.07) is 3.83. The normalized spacial score (nSPS) is 21.5. The van der Waals surface area contributed by atoms with Crippen molar-refractivity contribution in [3.05, 3.63) is 18.3 Å². The SMILES string of the molecule is CCN1C[C@@H](C(=O)Nc2ccc(N3CCCC3)nc2)CC1=O. The van der Waals surface area contributed by atoms with Gasteiger partial charge in [-0.05, 0) is 31.9 Å². The standard InChI is InChI=1S/C16H22N4O2/c1-2-19-11-12(9-15(19)21)16(22)18-13-5-6-14(17-10-13)20-7-3-4-8-20/h5-6,10,12H,2-4,7-9,11H2,1H3,(H,18,22)/t12-/m0/s1. The van der Waals surface area contributed by atoms with E-state index in [2.05, 4.69) is 15.2 Å². The molecule has 2 fully saturated rings. The fraction of sp³-hybridized carbons (Fsp3) is 0.562. The first-order valence-electron chi connectivity index (χ1n) is 7.97. The molecular formula is C16H22N4O2. The lowest BCUT2D eigenvalue weighted by atomic mass is 10.1. The van der Waals surface area contributed by atoms with Gasteiger partial charge in [-0.3, -0.25) is 9.59 Å². The number of anilines is 2. The van der Waals surface area contributed by atoms with Crippen molar-refractivity contribution in [3.63, 3.8) is 0 Å². The van der Waals surface area contributed by atoms with Crippen LogP contribution in [0.3, 0.4) is 0 Å². The lowest BCUT2D eigenvalue weighted by Crippen LogP contribution is -2.28. The molecule has 0 spiro atoms. The second kappa shape index (κ2) is 6.34. The minimum atomic E-state index is -0.259. The maximum atomic E-state index is 12.2. The van der Waals surface area contributed by atoms with Crippen LogP contribution < -0.4 is 10.2 Å². The van der Waals surface area contributed by atoms with Crippen molar-refractivity contribution < 1.29 is 9.59 Å². The second-order valence-electron chi connectivity index (χ2n) is 5.92. The molecule has 1 atom stereocenters. The molecule has 2 saturated heterocycles. The summed E-state index contributed by atoms with van der Waals surface area (Å²) in [4.78, 5) is 32.3. The van der Waals surface area contributed by atoms with Crippen LogP contribution in [-0.2, 0) is 9.59 Å². The van der Waals surface area contributed by atoms with Crippen molar-refractivity contribution in [2.75, 3.05) is 36.4 Å². The Kier molecular flexibility index (Phi) is 4.27. The molecule has 2 aliphatic heterocycles. The fourth-order valence-electron chi connectivity index (χ4n) is 3.09. The number of rotatable bonds is 4. The maximum Gasteiger partial charge on any atom is 0.229 e. The number of carbonyl (C=O) groups excluding carboxylic acids is 2. The molecule has 0 aromatic carbocycles. The topological polar surface area (TPSA) is 65.5 Å². The number of hydrogen-bond donors (Lipinski definition) is 1. The lowest BCUT2D eigenvalue weighted by molar-refractivity contribution is -0.128. The molecule has 22 heavy (non-hydrogen) atoms. The molecule has 1 aromatic heterocycles. The molecule has 6 nitrogen and oxygen atoms in total. The summed E-state index contributed by atoms with van der Waals surface area (Å²) in [5.74, 6) is 0.666. The van der Waals surface area contributed by atoms with Crippen LogP contribution >= 0.6 is 0 Å². The van der Waals surface area contributed by atoms with Gasteiger partial charge < -0.3 is 15.1 Å². The third-order valence-electron chi connectivity index (χ3n) is 4.41. The van der Waals surface area contributed by atoms with Crippen LogP contribution in [0.4, 0.5) is 11.5 Å². The Morgan fingerprint density at radius 1 is 1.36 bits per heavy atom. The van der Waals surface area contributed by atoms with Gasteiger partial charge in [-0.1, -0.05) is 0 Å². The zero-order valence-electron chi connectivity index (χ0n) is 12.9. The molecule has 0 saturated carbocycles. The zero-order valence-corrected chi connectivity index (χ0v) is 12.9. The van der Waals surface area contributed by atoms with E-state index in [1.54, 1.807) is 11.1 Å². The summed E-state index contributed by atoms with van der Waals surface area (Å²) in [5.41, 5.74) is 0.690. The molecule has 0 radical (unpaired) electrons. The first kappa shape index (κ1) is 14.8. The van der Waals surface area contributed by atoms with Crippen LogP contribution in [0, 0.1) is 5.92 Å². The van der Waals surface area contributed by atoms with Gasteiger partial charge in [0.2, 0.25) is 11.8 Å². The minimum Gasteiger partial charge on any atom is -0.357 e. The fourth-order valence-corrected chi connectivity index (χ4v) is 3.09. The van der Waals surface area contributed by atoms with Crippen LogP contribution in [0.1, 0.15) is 26.2 Å². The molecule has 6 heteroatoms. The molecule has 118 valence electrons. The average Bonchev–Trinajstić information content (AvgIpc) is 3.17. The van der Waals surface area contributed by atoms with E-state index >= 15 is 0 Å². The molecule has 3 rings (SSSR count). The van der Waals surface area contributed by atoms with Crippen LogP contribution in [0.5, 0.6) is 0 Å². The largest absolute Gasteiger partial charge is 0.357 e. The van der Waals surface area contributed by atoms with Crippen molar-refractivity contribution in [2.45, 2.75) is 26.2 Å². The first-order chi connectivity index (χ1) is 10.7. The number of likely N-dealkylation sites (tertiary alicyclic amines) is 1. The van der Waals surface area contributed by atoms with Crippen LogP contribution in [-0.4, -0.2) is 47.9 Å². The van der Waals surface area contributed by atoms with Crippen molar-refractivity contribution in [2.24, 2.45) is 5.92 Å². The van der Waals surface area contributed by atoms with Gasteiger partial charge in [-0.15, -0.1) is 0 Å². The first-order valence-corrected chi connectivity index (χ1v) is 7.97. The predicted molar refractivity (Wildman–Crippen MR) is 84.7 cm³/mol. The molecule has 2 amide bonds. The van der Waals surface area contributed by atoms with Crippen molar-refractivity contribution in [1.29, 1.82) is 0 Å². The molecular weight excluding hydrogens is 280 g/mol. The Hall–Kier alpha value is -2.11. The highest BCUT2D eigenvalue weighted by molar-refractivity contribution is 5.97. The number of nitrogens with one attached hydrogen (secondary N) is 1. The third kappa shape index (κ3) is 3.05. The summed E-state index contributed by atoms with van der Waals surface area (Å²) < 4.78 is 0. The quantitative estimate of drug-likeness (QED) is 0.915. The number of pyridine rings is 1. The van der Waals surface area contributed by atoms with E-state index in [4.69, 9.17) is 0 Å². The Morgan fingerprint density at radius 2 is 2.14 bits per heavy atom. The third-order valence-corrected chi connectivity index (χ3v) is 4.41. The monoisotopic (exact) mass is 302 g/mol. The highest BCUT2D eigenvalue weighted by Crippen LogP contribution is 2.21. The second-order valence-corrected chi connectivity index (χ2v) is 5.92. The minimum absolute atomic E-state index is 0.0603. The van der Waals surface area contributed by atoms with E-state index in [0.717, 1.165) is 18.9 Å². The van der Waals surface area contributed by atoms with Gasteiger partial charge in [0, 0.05) is 32.6 Å². The van der Waals surface area contributed by atoms with Crippen LogP contribution in [0.2, 0.25) is 0 Å². The Labute approximate surface area is 130 Å². The maximum absolute atomic E-state index is 12.2. The molecule has 0 bridgehead atoms. The molecule has 1 N–H and O–H groups in total. The van der Waals surface area contributed by atoms with Crippen LogP contribution in [0.25, 0.3) is 0 Å². The number of carbonyl (C=O) groups is 2. The van der Waals surface area contributed by atoms with Gasteiger partial charge in [0.15, 0.2) is 0 Å². The summed E-state index contributed by atoms with van der Waals surface area (Å²) in [7, 11) is 0. The van der Waals surface area contributed by atoms with E-state index in [9.17, 15) is 9.59 Å². The Balaban J connectivity index is 1.58. The van der Waals surface area contributed by atoms with Crippen molar-refractivity contribution in [1.82, 2.24) is 9.88 Å². The van der Waals surface area contributed by atoms with Gasteiger partial charge in [0.1, 0.15) is 5.82 Å². The summed E-state index contributed by atoms with van der Waals surface area (Å²) >= 11 is 0. The Morgan fingerprint density at radius 3 is 2.73 bits per heavy atom. The highest BCUT2D eigenvalue weighted by atomic mass is 16.2. The zero-order chi connectivity index (χ0) is 15.5. The van der Waals surface area contributed by atoms with Crippen molar-refractivity contribution in [3.8, 4) is 0 Å². The lowest BCUT2D eigenvalue weighted by Gasteiger charge is -2.17. The number of hydrogen-bond acceptors (Lipinski definition) is 4. The van der Waals surface area contributed by atoms with E-state index < -0.39 is 0 Å². The predicted octanol–water partition coefficient (Wildman–Crippen LogP) is 1.49. The molecule has 3 heterocycles. The summed E-state index contributed by atoms with van der Waals surface area (Å²) in [6.45, 7) is 5.21. The van der Waals surface area contributed by atoms with Gasteiger partial charge in [-0.25, -0.2) is 4.98 Å². The van der Waals surface area contributed by atoms with Gasteiger partial charge >= 0.3 is 0 Å². The van der Waals surface area contributed by atoms with E-state index in [1.807, 2.05) is 19.1 Å². The molecule has 0 unspecified atom stereocenters. The molecule has 1 aromatic rings. The number of amides is 2. The molecule has 0 aliphatic carbocycles. The van der Waals surface area contributed by atoms with Gasteiger partial charge in [-0.2, -0.15) is 0 Å². The van der Waals surface area contributed by atoms with Crippen molar-refractivity contribution >= 4 is 23.3 Å². The average molecular weight is 302 g/mol. The van der Waals surface area contributed by atoms with E-state index in [1.165, 1.54) is 12.8 Å². The smallest absolute Gasteiger partial charge is 0.229 e. The van der Waals surface area contributed by atoms with Gasteiger partial charge in [0.25, 0.3) is 0 Å². The summed E-state index contributed by atoms with van der Waals surface area (Å²) in [5, 5.41) is 2.87. The summed E-state index contributed by atoms with van der Waals surface area (Å²) in [6.07, 6.45) is 4.42. The Bertz CT molecular complexity index is 552. The number of nitrogens with zero attached hydrogens (tertiary/aromatic N) is 3. The number of aromatic nitrogens is 1. The van der Waals surface area contributed by atoms with E-state index in [-0.39, 0.29) is 17.7 Å². The van der Waals surface area contributed by atoms with Crippen LogP contribution in [0.15, 0.2) is 18.3 Å².